The SMILES string of the molecule is COCC(C)NC(=O)Cc1ccccc1CN. The van der Waals surface area contributed by atoms with Gasteiger partial charge >= 0.3 is 0 Å². The summed E-state index contributed by atoms with van der Waals surface area (Å²) in [5.74, 6) is -0.00421. The summed E-state index contributed by atoms with van der Waals surface area (Å²) < 4.78 is 4.96. The molecule has 1 atom stereocenters. The Bertz CT molecular complexity index is 366. The van der Waals surface area contributed by atoms with E-state index in [0.717, 1.165) is 11.1 Å². The number of rotatable bonds is 6. The normalized spacial score (nSPS) is 12.2. The van der Waals surface area contributed by atoms with Crippen LogP contribution in [0.15, 0.2) is 24.3 Å². The highest BCUT2D eigenvalue weighted by Crippen LogP contribution is 2.08. The van der Waals surface area contributed by atoms with Gasteiger partial charge in [-0.1, -0.05) is 24.3 Å². The van der Waals surface area contributed by atoms with Crippen molar-refractivity contribution < 1.29 is 9.53 Å². The molecule has 0 radical (unpaired) electrons. The summed E-state index contributed by atoms with van der Waals surface area (Å²) in [5, 5.41) is 2.88. The van der Waals surface area contributed by atoms with Gasteiger partial charge in [-0.15, -0.1) is 0 Å². The number of benzene rings is 1. The Labute approximate surface area is 102 Å². The fourth-order valence-electron chi connectivity index (χ4n) is 1.72. The summed E-state index contributed by atoms with van der Waals surface area (Å²) in [7, 11) is 1.62. The monoisotopic (exact) mass is 236 g/mol. The molecule has 1 aromatic carbocycles. The third-order valence-electron chi connectivity index (χ3n) is 2.51. The first-order chi connectivity index (χ1) is 8.17. The zero-order chi connectivity index (χ0) is 12.7. The first kappa shape index (κ1) is 13.7. The summed E-state index contributed by atoms with van der Waals surface area (Å²) in [6.07, 6.45) is 0.363. The second-order valence-electron chi connectivity index (χ2n) is 4.07. The molecule has 1 aromatic rings. The van der Waals surface area contributed by atoms with Crippen LogP contribution in [-0.2, 0) is 22.5 Å². The number of carbonyl (C=O) groups is 1. The number of nitrogens with one attached hydrogen (secondary N) is 1. The highest BCUT2D eigenvalue weighted by molar-refractivity contribution is 5.79. The largest absolute Gasteiger partial charge is 0.383 e. The zero-order valence-corrected chi connectivity index (χ0v) is 10.4. The standard InChI is InChI=1S/C13H20N2O2/c1-10(9-17-2)15-13(16)7-11-5-3-4-6-12(11)8-14/h3-6,10H,7-9,14H2,1-2H3,(H,15,16). The third kappa shape index (κ3) is 4.54. The highest BCUT2D eigenvalue weighted by Gasteiger charge is 2.09. The van der Waals surface area contributed by atoms with Gasteiger partial charge in [0.15, 0.2) is 0 Å². The van der Waals surface area contributed by atoms with E-state index in [4.69, 9.17) is 10.5 Å². The molecule has 4 heteroatoms. The average molecular weight is 236 g/mol. The minimum atomic E-state index is -0.00421. The maximum absolute atomic E-state index is 11.8. The van der Waals surface area contributed by atoms with Crippen LogP contribution in [-0.4, -0.2) is 25.7 Å². The summed E-state index contributed by atoms with van der Waals surface area (Å²) >= 11 is 0. The van der Waals surface area contributed by atoms with Crippen molar-refractivity contribution in [1.29, 1.82) is 0 Å². The molecular weight excluding hydrogens is 216 g/mol. The van der Waals surface area contributed by atoms with E-state index in [0.29, 0.717) is 19.6 Å². The van der Waals surface area contributed by atoms with Gasteiger partial charge in [0.05, 0.1) is 13.0 Å². The highest BCUT2D eigenvalue weighted by atomic mass is 16.5. The molecular formula is C13H20N2O2. The van der Waals surface area contributed by atoms with Gasteiger partial charge in [0.1, 0.15) is 0 Å². The number of hydrogen-bond acceptors (Lipinski definition) is 3. The van der Waals surface area contributed by atoms with Crippen molar-refractivity contribution in [2.24, 2.45) is 5.73 Å². The molecule has 1 amide bonds. The Morgan fingerprint density at radius 1 is 1.41 bits per heavy atom. The second kappa shape index (κ2) is 7.04. The van der Waals surface area contributed by atoms with Gasteiger partial charge in [-0.25, -0.2) is 0 Å². The van der Waals surface area contributed by atoms with Crippen LogP contribution >= 0.6 is 0 Å². The topological polar surface area (TPSA) is 64.3 Å². The lowest BCUT2D eigenvalue weighted by Crippen LogP contribution is -2.36. The van der Waals surface area contributed by atoms with Gasteiger partial charge in [-0.05, 0) is 18.1 Å². The van der Waals surface area contributed by atoms with Crippen molar-refractivity contribution in [3.63, 3.8) is 0 Å². The third-order valence-corrected chi connectivity index (χ3v) is 2.51. The van der Waals surface area contributed by atoms with Crippen molar-refractivity contribution in [2.75, 3.05) is 13.7 Å². The molecule has 0 saturated carbocycles. The summed E-state index contributed by atoms with van der Waals surface area (Å²) in [5.41, 5.74) is 7.62. The minimum Gasteiger partial charge on any atom is -0.383 e. The van der Waals surface area contributed by atoms with Crippen LogP contribution in [0.25, 0.3) is 0 Å². The first-order valence-electron chi connectivity index (χ1n) is 5.72. The molecule has 17 heavy (non-hydrogen) atoms. The van der Waals surface area contributed by atoms with Gasteiger partial charge in [0.25, 0.3) is 0 Å². The van der Waals surface area contributed by atoms with Crippen LogP contribution in [0.3, 0.4) is 0 Å². The zero-order valence-electron chi connectivity index (χ0n) is 10.4. The van der Waals surface area contributed by atoms with Gasteiger partial charge in [0.2, 0.25) is 5.91 Å². The van der Waals surface area contributed by atoms with Crippen molar-refractivity contribution in [3.8, 4) is 0 Å². The number of hydrogen-bond donors (Lipinski definition) is 2. The van der Waals surface area contributed by atoms with Gasteiger partial charge in [-0.3, -0.25) is 4.79 Å². The molecule has 94 valence electrons. The molecule has 0 fully saturated rings. The van der Waals surface area contributed by atoms with E-state index in [1.807, 2.05) is 31.2 Å². The van der Waals surface area contributed by atoms with Crippen molar-refractivity contribution in [1.82, 2.24) is 5.32 Å². The maximum Gasteiger partial charge on any atom is 0.224 e. The van der Waals surface area contributed by atoms with Crippen molar-refractivity contribution in [2.45, 2.75) is 25.9 Å². The Morgan fingerprint density at radius 3 is 2.65 bits per heavy atom. The Kier molecular flexibility index (Phi) is 5.66. The number of carbonyl (C=O) groups excluding carboxylic acids is 1. The van der Waals surface area contributed by atoms with Gasteiger partial charge in [-0.2, -0.15) is 0 Å². The number of nitrogens with two attached hydrogens (primary N) is 1. The number of methoxy groups -OCH3 is 1. The maximum atomic E-state index is 11.8. The van der Waals surface area contributed by atoms with Crippen LogP contribution in [0.5, 0.6) is 0 Å². The lowest BCUT2D eigenvalue weighted by molar-refractivity contribution is -0.121. The molecule has 0 heterocycles. The first-order valence-corrected chi connectivity index (χ1v) is 5.72. The molecule has 0 aliphatic heterocycles. The number of ether oxygens (including phenoxy) is 1. The van der Waals surface area contributed by atoms with E-state index in [1.54, 1.807) is 7.11 Å². The Hall–Kier alpha value is -1.39. The summed E-state index contributed by atoms with van der Waals surface area (Å²) in [4.78, 5) is 11.8. The molecule has 0 aromatic heterocycles. The fourth-order valence-corrected chi connectivity index (χ4v) is 1.72. The predicted molar refractivity (Wildman–Crippen MR) is 67.5 cm³/mol. The van der Waals surface area contributed by atoms with Crippen LogP contribution < -0.4 is 11.1 Å². The van der Waals surface area contributed by atoms with Crippen LogP contribution in [0.1, 0.15) is 18.1 Å². The fraction of sp³-hybridized carbons (Fsp3) is 0.462. The van der Waals surface area contributed by atoms with Crippen LogP contribution in [0.4, 0.5) is 0 Å². The molecule has 3 N–H and O–H groups in total. The molecule has 1 rings (SSSR count). The molecule has 4 nitrogen and oxygen atoms in total. The van der Waals surface area contributed by atoms with E-state index in [-0.39, 0.29) is 11.9 Å². The molecule has 0 spiro atoms. The molecule has 0 saturated heterocycles. The predicted octanol–water partition coefficient (Wildman–Crippen LogP) is 0.839. The van der Waals surface area contributed by atoms with E-state index in [2.05, 4.69) is 5.32 Å². The van der Waals surface area contributed by atoms with Gasteiger partial charge in [0, 0.05) is 19.7 Å². The Balaban J connectivity index is 2.55. The van der Waals surface area contributed by atoms with E-state index < -0.39 is 0 Å². The lowest BCUT2D eigenvalue weighted by atomic mass is 10.0. The average Bonchev–Trinajstić information content (AvgIpc) is 2.29. The molecule has 0 bridgehead atoms. The van der Waals surface area contributed by atoms with E-state index >= 15 is 0 Å². The van der Waals surface area contributed by atoms with Crippen LogP contribution in [0, 0.1) is 0 Å². The lowest BCUT2D eigenvalue weighted by Gasteiger charge is -2.13. The summed E-state index contributed by atoms with van der Waals surface area (Å²) in [6.45, 7) is 2.89. The van der Waals surface area contributed by atoms with Crippen molar-refractivity contribution >= 4 is 5.91 Å². The molecule has 0 aliphatic carbocycles. The Morgan fingerprint density at radius 2 is 2.06 bits per heavy atom. The molecule has 0 aliphatic rings. The quantitative estimate of drug-likeness (QED) is 0.769. The number of amides is 1. The van der Waals surface area contributed by atoms with Crippen LogP contribution in [0.2, 0.25) is 0 Å². The minimum absolute atomic E-state index is 0.00421. The van der Waals surface area contributed by atoms with Crippen molar-refractivity contribution in [3.05, 3.63) is 35.4 Å². The second-order valence-corrected chi connectivity index (χ2v) is 4.07. The van der Waals surface area contributed by atoms with Gasteiger partial charge < -0.3 is 15.8 Å². The smallest absolute Gasteiger partial charge is 0.224 e. The summed E-state index contributed by atoms with van der Waals surface area (Å²) in [6, 6.07) is 7.75. The molecule has 1 unspecified atom stereocenters. The van der Waals surface area contributed by atoms with E-state index in [9.17, 15) is 4.79 Å². The van der Waals surface area contributed by atoms with E-state index in [1.165, 1.54) is 0 Å².